The molecule has 0 radical (unpaired) electrons. The first-order chi connectivity index (χ1) is 13.6. The molecule has 0 aliphatic carbocycles. The minimum absolute atomic E-state index is 0.0811. The molecular formula is C17H16ClF4N5O2. The first-order valence-corrected chi connectivity index (χ1v) is 8.88. The number of nitrogens with zero attached hydrogens (tertiary/aromatic N) is 2. The lowest BCUT2D eigenvalue weighted by Gasteiger charge is -2.34. The molecule has 0 spiro atoms. The number of H-pyrrole nitrogens is 1. The summed E-state index contributed by atoms with van der Waals surface area (Å²) in [5, 5.41) is 10.4. The van der Waals surface area contributed by atoms with Gasteiger partial charge in [-0.15, -0.1) is 0 Å². The molecule has 1 saturated heterocycles. The molecule has 1 aromatic carbocycles. The predicted octanol–water partition coefficient (Wildman–Crippen LogP) is 2.84. The van der Waals surface area contributed by atoms with Gasteiger partial charge in [0, 0.05) is 13.1 Å². The van der Waals surface area contributed by atoms with Crippen LogP contribution >= 0.6 is 11.6 Å². The molecule has 1 aliphatic heterocycles. The Balaban J connectivity index is 1.94. The molecule has 1 unspecified atom stereocenters. The summed E-state index contributed by atoms with van der Waals surface area (Å²) in [6.07, 6.45) is -4.69. The van der Waals surface area contributed by atoms with Crippen LogP contribution in [0.5, 0.6) is 0 Å². The second-order valence-corrected chi connectivity index (χ2v) is 6.83. The first kappa shape index (κ1) is 20.9. The second-order valence-electron chi connectivity index (χ2n) is 6.42. The summed E-state index contributed by atoms with van der Waals surface area (Å²) in [6, 6.07) is 1.68. The van der Waals surface area contributed by atoms with Gasteiger partial charge in [0.15, 0.2) is 5.69 Å². The lowest BCUT2D eigenvalue weighted by molar-refractivity contribution is -0.141. The maximum absolute atomic E-state index is 13.5. The van der Waals surface area contributed by atoms with Crippen molar-refractivity contribution >= 4 is 23.5 Å². The van der Waals surface area contributed by atoms with Crippen LogP contribution in [0.15, 0.2) is 24.3 Å². The predicted molar refractivity (Wildman–Crippen MR) is 94.6 cm³/mol. The molecule has 1 aliphatic rings. The molecule has 3 N–H and O–H groups in total. The van der Waals surface area contributed by atoms with Gasteiger partial charge in [-0.3, -0.25) is 9.89 Å². The minimum atomic E-state index is -4.69. The number of aromatic amines is 1. The Hall–Kier alpha value is -2.82. The van der Waals surface area contributed by atoms with Crippen LogP contribution in [0.1, 0.15) is 29.9 Å². The average Bonchev–Trinajstić information content (AvgIpc) is 3.14. The Morgan fingerprint density at radius 2 is 2.10 bits per heavy atom. The molecule has 0 bridgehead atoms. The Labute approximate surface area is 167 Å². The van der Waals surface area contributed by atoms with E-state index in [9.17, 15) is 27.2 Å². The quantitative estimate of drug-likeness (QED) is 0.650. The molecule has 1 aromatic heterocycles. The van der Waals surface area contributed by atoms with E-state index in [0.29, 0.717) is 0 Å². The highest BCUT2D eigenvalue weighted by atomic mass is 35.5. The van der Waals surface area contributed by atoms with Crippen molar-refractivity contribution in [1.82, 2.24) is 25.7 Å². The van der Waals surface area contributed by atoms with Crippen LogP contribution < -0.4 is 10.6 Å². The Kier molecular flexibility index (Phi) is 5.69. The molecule has 2 aromatic rings. The van der Waals surface area contributed by atoms with Gasteiger partial charge in [0.25, 0.3) is 0 Å². The van der Waals surface area contributed by atoms with Gasteiger partial charge in [0.1, 0.15) is 11.9 Å². The maximum atomic E-state index is 13.5. The maximum Gasteiger partial charge on any atom is 0.435 e. The third kappa shape index (κ3) is 4.44. The van der Waals surface area contributed by atoms with Gasteiger partial charge in [-0.05, 0) is 30.7 Å². The minimum Gasteiger partial charge on any atom is -0.353 e. The van der Waals surface area contributed by atoms with Crippen LogP contribution in [-0.2, 0) is 11.0 Å². The number of nitrogens with one attached hydrogen (secondary N) is 3. The molecule has 156 valence electrons. The number of rotatable bonds is 3. The van der Waals surface area contributed by atoms with E-state index in [1.807, 2.05) is 0 Å². The highest BCUT2D eigenvalue weighted by Gasteiger charge is 2.36. The normalized spacial score (nSPS) is 18.3. The Morgan fingerprint density at radius 1 is 1.38 bits per heavy atom. The van der Waals surface area contributed by atoms with Crippen molar-refractivity contribution in [2.45, 2.75) is 25.2 Å². The number of piperazine rings is 1. The molecule has 3 amide bonds. The molecule has 1 fully saturated rings. The zero-order valence-electron chi connectivity index (χ0n) is 15.0. The summed E-state index contributed by atoms with van der Waals surface area (Å²) in [6.45, 7) is 1.98. The van der Waals surface area contributed by atoms with Crippen molar-refractivity contribution in [3.05, 3.63) is 52.1 Å². The number of benzene rings is 1. The van der Waals surface area contributed by atoms with Crippen molar-refractivity contribution in [3.63, 3.8) is 0 Å². The molecule has 0 saturated carbocycles. The number of carbonyl (C=O) groups excluding carboxylic acids is 2. The number of aromatic nitrogens is 2. The van der Waals surface area contributed by atoms with Crippen LogP contribution in [-0.4, -0.2) is 46.2 Å². The number of amides is 3. The number of carbonyl (C=O) groups is 2. The second kappa shape index (κ2) is 7.90. The lowest BCUT2D eigenvalue weighted by Crippen LogP contribution is -2.58. The van der Waals surface area contributed by atoms with Crippen LogP contribution in [0.25, 0.3) is 0 Å². The van der Waals surface area contributed by atoms with E-state index in [0.717, 1.165) is 12.1 Å². The fourth-order valence-electron chi connectivity index (χ4n) is 2.93. The third-order valence-electron chi connectivity index (χ3n) is 4.50. The Bertz CT molecular complexity index is 933. The number of alkyl halides is 3. The zero-order chi connectivity index (χ0) is 21.3. The summed E-state index contributed by atoms with van der Waals surface area (Å²) >= 11 is 5.79. The van der Waals surface area contributed by atoms with Crippen molar-refractivity contribution < 1.29 is 27.2 Å². The summed E-state index contributed by atoms with van der Waals surface area (Å²) in [5.41, 5.74) is -1.02. The summed E-state index contributed by atoms with van der Waals surface area (Å²) in [7, 11) is 0. The number of hydrogen-bond acceptors (Lipinski definition) is 3. The van der Waals surface area contributed by atoms with Gasteiger partial charge in [-0.25, -0.2) is 9.18 Å². The van der Waals surface area contributed by atoms with Gasteiger partial charge in [0.05, 0.1) is 16.8 Å². The first-order valence-electron chi connectivity index (χ1n) is 8.50. The number of halogens is 5. The van der Waals surface area contributed by atoms with E-state index in [-0.39, 0.29) is 35.3 Å². The van der Waals surface area contributed by atoms with E-state index in [2.05, 4.69) is 20.8 Å². The largest absolute Gasteiger partial charge is 0.435 e. The molecule has 7 nitrogen and oxygen atoms in total. The monoisotopic (exact) mass is 433 g/mol. The van der Waals surface area contributed by atoms with Crippen molar-refractivity contribution in [3.8, 4) is 0 Å². The summed E-state index contributed by atoms with van der Waals surface area (Å²) in [5.74, 6) is -1.07. The van der Waals surface area contributed by atoms with E-state index < -0.39 is 35.8 Å². The van der Waals surface area contributed by atoms with Crippen molar-refractivity contribution in [1.29, 1.82) is 0 Å². The van der Waals surface area contributed by atoms with Crippen LogP contribution in [0, 0.1) is 5.82 Å². The lowest BCUT2D eigenvalue weighted by atomic mass is 10.0. The van der Waals surface area contributed by atoms with Gasteiger partial charge >= 0.3 is 12.2 Å². The molecule has 2 atom stereocenters. The summed E-state index contributed by atoms with van der Waals surface area (Å²) in [4.78, 5) is 25.8. The zero-order valence-corrected chi connectivity index (χ0v) is 15.7. The highest BCUT2D eigenvalue weighted by molar-refractivity contribution is 6.30. The van der Waals surface area contributed by atoms with Gasteiger partial charge < -0.3 is 15.5 Å². The van der Waals surface area contributed by atoms with Crippen molar-refractivity contribution in [2.24, 2.45) is 0 Å². The molecule has 12 heteroatoms. The van der Waals surface area contributed by atoms with Gasteiger partial charge in [-0.2, -0.15) is 18.3 Å². The van der Waals surface area contributed by atoms with E-state index in [4.69, 9.17) is 11.6 Å². The molecule has 2 heterocycles. The van der Waals surface area contributed by atoms with Crippen molar-refractivity contribution in [2.75, 3.05) is 13.1 Å². The van der Waals surface area contributed by atoms with Crippen LogP contribution in [0.3, 0.4) is 0 Å². The number of hydrogen-bond donors (Lipinski definition) is 3. The van der Waals surface area contributed by atoms with E-state index >= 15 is 0 Å². The fraction of sp³-hybridized carbons (Fsp3) is 0.353. The Morgan fingerprint density at radius 3 is 2.72 bits per heavy atom. The third-order valence-corrected chi connectivity index (χ3v) is 4.79. The molecule has 29 heavy (non-hydrogen) atoms. The average molecular weight is 434 g/mol. The van der Waals surface area contributed by atoms with Gasteiger partial charge in [0.2, 0.25) is 5.91 Å². The topological polar surface area (TPSA) is 90.1 Å². The highest BCUT2D eigenvalue weighted by Crippen LogP contribution is 2.31. The smallest absolute Gasteiger partial charge is 0.353 e. The summed E-state index contributed by atoms with van der Waals surface area (Å²) < 4.78 is 52.3. The van der Waals surface area contributed by atoms with E-state index in [1.54, 1.807) is 0 Å². The SMILES string of the molecule is C[C@@H]1C(=O)NCCN1C(=O)NC(c1ccc(F)c(Cl)c1)c1cc(C(F)(F)F)n[nH]1. The molecule has 3 rings (SSSR count). The fourth-order valence-corrected chi connectivity index (χ4v) is 3.12. The molecular weight excluding hydrogens is 418 g/mol. The van der Waals surface area contributed by atoms with Gasteiger partial charge in [-0.1, -0.05) is 17.7 Å². The van der Waals surface area contributed by atoms with Crippen LogP contribution in [0.4, 0.5) is 22.4 Å². The van der Waals surface area contributed by atoms with E-state index in [1.165, 1.54) is 24.0 Å². The standard InChI is InChI=1S/C17H16ClF4N5O2/c1-8-15(28)23-4-5-27(8)16(29)24-14(9-2-3-11(19)10(18)6-9)12-7-13(26-25-12)17(20,21)22/h2-3,6-8,14H,4-5H2,1H3,(H,23,28)(H,24,29)(H,25,26)/t8-,14?/m1/s1. The van der Waals surface area contributed by atoms with Crippen LogP contribution in [0.2, 0.25) is 5.02 Å². The number of urea groups is 1.